The molecular weight excluding hydrogens is 312 g/mol. The number of amides is 2. The number of para-hydroxylation sites is 1. The fraction of sp³-hybridized carbons (Fsp3) is 0.400. The number of hydrogen-bond donors (Lipinski definition) is 1. The van der Waals surface area contributed by atoms with E-state index < -0.39 is 0 Å². The summed E-state index contributed by atoms with van der Waals surface area (Å²) in [4.78, 5) is 20.9. The second kappa shape index (κ2) is 7.13. The Morgan fingerprint density at radius 2 is 1.96 bits per heavy atom. The number of carbonyl (C=O) groups excluding carboxylic acids is 1. The minimum atomic E-state index is 0.0316. The first-order valence-corrected chi connectivity index (χ1v) is 9.07. The number of nitrogens with zero attached hydrogens (tertiary/aromatic N) is 3. The second-order valence-electron chi connectivity index (χ2n) is 6.81. The highest BCUT2D eigenvalue weighted by molar-refractivity contribution is 5.74. The van der Waals surface area contributed by atoms with E-state index in [0.717, 1.165) is 44.5 Å². The molecule has 0 radical (unpaired) electrons. The van der Waals surface area contributed by atoms with Crippen molar-refractivity contribution in [2.45, 2.75) is 31.8 Å². The van der Waals surface area contributed by atoms with Crippen LogP contribution in [0, 0.1) is 0 Å². The molecule has 130 valence electrons. The molecule has 2 aliphatic rings. The SMILES string of the molecule is O=C(NCc1cccnc1)N1CCC(N2CCc3ccccc32)CC1. The third-order valence-electron chi connectivity index (χ3n) is 5.28. The van der Waals surface area contributed by atoms with Crippen LogP contribution in [-0.2, 0) is 13.0 Å². The molecule has 1 fully saturated rings. The fourth-order valence-corrected chi connectivity index (χ4v) is 3.92. The lowest BCUT2D eigenvalue weighted by atomic mass is 10.0. The number of benzene rings is 1. The van der Waals surface area contributed by atoms with Gasteiger partial charge in [0, 0.05) is 50.3 Å². The molecule has 0 saturated carbocycles. The van der Waals surface area contributed by atoms with Crippen molar-refractivity contribution in [3.05, 3.63) is 59.9 Å². The van der Waals surface area contributed by atoms with Crippen LogP contribution in [0.15, 0.2) is 48.8 Å². The van der Waals surface area contributed by atoms with Gasteiger partial charge in [0.05, 0.1) is 0 Å². The van der Waals surface area contributed by atoms with Crippen LogP contribution in [0.3, 0.4) is 0 Å². The molecule has 3 heterocycles. The molecule has 2 amide bonds. The summed E-state index contributed by atoms with van der Waals surface area (Å²) in [5.74, 6) is 0. The van der Waals surface area contributed by atoms with Crippen molar-refractivity contribution in [1.82, 2.24) is 15.2 Å². The quantitative estimate of drug-likeness (QED) is 0.938. The second-order valence-corrected chi connectivity index (χ2v) is 6.81. The topological polar surface area (TPSA) is 48.5 Å². The zero-order valence-corrected chi connectivity index (χ0v) is 14.4. The van der Waals surface area contributed by atoms with E-state index in [-0.39, 0.29) is 6.03 Å². The van der Waals surface area contributed by atoms with Gasteiger partial charge >= 0.3 is 6.03 Å². The maximum absolute atomic E-state index is 12.4. The minimum absolute atomic E-state index is 0.0316. The van der Waals surface area contributed by atoms with E-state index in [2.05, 4.69) is 39.5 Å². The van der Waals surface area contributed by atoms with Crippen LogP contribution < -0.4 is 10.2 Å². The van der Waals surface area contributed by atoms with Gasteiger partial charge in [0.25, 0.3) is 0 Å². The van der Waals surface area contributed by atoms with Gasteiger partial charge in [-0.1, -0.05) is 24.3 Å². The molecule has 0 unspecified atom stereocenters. The first kappa shape index (κ1) is 15.9. The number of anilines is 1. The lowest BCUT2D eigenvalue weighted by molar-refractivity contribution is 0.180. The van der Waals surface area contributed by atoms with Crippen molar-refractivity contribution < 1.29 is 4.79 Å². The highest BCUT2D eigenvalue weighted by atomic mass is 16.2. The van der Waals surface area contributed by atoms with Crippen molar-refractivity contribution in [3.8, 4) is 0 Å². The molecule has 4 rings (SSSR count). The number of pyridine rings is 1. The fourth-order valence-electron chi connectivity index (χ4n) is 3.92. The number of nitrogens with one attached hydrogen (secondary N) is 1. The zero-order valence-electron chi connectivity index (χ0n) is 14.4. The van der Waals surface area contributed by atoms with Gasteiger partial charge in [0.2, 0.25) is 0 Å². The monoisotopic (exact) mass is 336 g/mol. The van der Waals surface area contributed by atoms with Crippen molar-refractivity contribution in [2.24, 2.45) is 0 Å². The molecule has 1 saturated heterocycles. The molecule has 1 aromatic carbocycles. The van der Waals surface area contributed by atoms with Crippen molar-refractivity contribution >= 4 is 11.7 Å². The number of piperidine rings is 1. The summed E-state index contributed by atoms with van der Waals surface area (Å²) in [5, 5.41) is 3.00. The molecule has 1 aromatic heterocycles. The molecule has 5 heteroatoms. The number of rotatable bonds is 3. The Bertz CT molecular complexity index is 725. The third kappa shape index (κ3) is 3.45. The lowest BCUT2D eigenvalue weighted by Crippen LogP contribution is -2.49. The highest BCUT2D eigenvalue weighted by Gasteiger charge is 2.30. The van der Waals surface area contributed by atoms with E-state index in [4.69, 9.17) is 0 Å². The van der Waals surface area contributed by atoms with Gasteiger partial charge < -0.3 is 15.1 Å². The molecule has 5 nitrogen and oxygen atoms in total. The summed E-state index contributed by atoms with van der Waals surface area (Å²) in [7, 11) is 0. The first-order chi connectivity index (χ1) is 12.3. The van der Waals surface area contributed by atoms with Crippen LogP contribution in [0.2, 0.25) is 0 Å². The van der Waals surface area contributed by atoms with Gasteiger partial charge in [0.1, 0.15) is 0 Å². The summed E-state index contributed by atoms with van der Waals surface area (Å²) in [5.41, 5.74) is 3.88. The Kier molecular flexibility index (Phi) is 4.55. The Morgan fingerprint density at radius 3 is 2.76 bits per heavy atom. The molecule has 25 heavy (non-hydrogen) atoms. The number of aromatic nitrogens is 1. The first-order valence-electron chi connectivity index (χ1n) is 9.07. The van der Waals surface area contributed by atoms with Crippen LogP contribution in [0.4, 0.5) is 10.5 Å². The maximum Gasteiger partial charge on any atom is 0.317 e. The summed E-state index contributed by atoms with van der Waals surface area (Å²) in [6.07, 6.45) is 6.75. The maximum atomic E-state index is 12.4. The molecule has 0 bridgehead atoms. The highest BCUT2D eigenvalue weighted by Crippen LogP contribution is 2.32. The zero-order chi connectivity index (χ0) is 17.1. The molecule has 1 N–H and O–H groups in total. The summed E-state index contributed by atoms with van der Waals surface area (Å²) >= 11 is 0. The summed E-state index contributed by atoms with van der Waals surface area (Å²) in [6.45, 7) is 3.29. The van der Waals surface area contributed by atoms with E-state index in [1.807, 2.05) is 17.0 Å². The summed E-state index contributed by atoms with van der Waals surface area (Å²) < 4.78 is 0. The van der Waals surface area contributed by atoms with E-state index >= 15 is 0 Å². The van der Waals surface area contributed by atoms with E-state index in [1.54, 1.807) is 12.4 Å². The van der Waals surface area contributed by atoms with Crippen LogP contribution in [-0.4, -0.2) is 41.6 Å². The normalized spacial score (nSPS) is 17.4. The molecule has 0 spiro atoms. The van der Waals surface area contributed by atoms with E-state index in [9.17, 15) is 4.79 Å². The number of fused-ring (bicyclic) bond motifs is 1. The average molecular weight is 336 g/mol. The van der Waals surface area contributed by atoms with Gasteiger partial charge in [-0.2, -0.15) is 0 Å². The van der Waals surface area contributed by atoms with E-state index in [1.165, 1.54) is 11.3 Å². The Morgan fingerprint density at radius 1 is 1.12 bits per heavy atom. The molecule has 0 aliphatic carbocycles. The van der Waals surface area contributed by atoms with Gasteiger partial charge in [-0.05, 0) is 42.5 Å². The number of carbonyl (C=O) groups is 1. The van der Waals surface area contributed by atoms with Crippen LogP contribution in [0.25, 0.3) is 0 Å². The predicted octanol–water partition coefficient (Wildman–Crippen LogP) is 2.82. The van der Waals surface area contributed by atoms with Crippen molar-refractivity contribution in [1.29, 1.82) is 0 Å². The molecular formula is C20H24N4O. The lowest BCUT2D eigenvalue weighted by Gasteiger charge is -2.38. The Hall–Kier alpha value is -2.56. The van der Waals surface area contributed by atoms with Crippen LogP contribution in [0.1, 0.15) is 24.0 Å². The number of likely N-dealkylation sites (tertiary alicyclic amines) is 1. The molecule has 2 aliphatic heterocycles. The summed E-state index contributed by atoms with van der Waals surface area (Å²) in [6, 6.07) is 13.2. The Balaban J connectivity index is 1.29. The van der Waals surface area contributed by atoms with Crippen LogP contribution in [0.5, 0.6) is 0 Å². The Labute approximate surface area is 148 Å². The predicted molar refractivity (Wildman–Crippen MR) is 98.6 cm³/mol. The standard InChI is InChI=1S/C20H24N4O/c25-20(22-15-16-4-3-10-21-14-16)23-11-8-18(9-12-23)24-13-7-17-5-1-2-6-19(17)24/h1-6,10,14,18H,7-9,11-13,15H2,(H,22,25). The van der Waals surface area contributed by atoms with Gasteiger partial charge in [-0.15, -0.1) is 0 Å². The third-order valence-corrected chi connectivity index (χ3v) is 5.28. The van der Waals surface area contributed by atoms with Gasteiger partial charge in [-0.25, -0.2) is 4.79 Å². The smallest absolute Gasteiger partial charge is 0.317 e. The average Bonchev–Trinajstić information content (AvgIpc) is 3.11. The van der Waals surface area contributed by atoms with Crippen molar-refractivity contribution in [2.75, 3.05) is 24.5 Å². The van der Waals surface area contributed by atoms with Gasteiger partial charge in [0.15, 0.2) is 0 Å². The molecule has 2 aromatic rings. The largest absolute Gasteiger partial charge is 0.368 e. The van der Waals surface area contributed by atoms with Gasteiger partial charge in [-0.3, -0.25) is 4.98 Å². The number of urea groups is 1. The minimum Gasteiger partial charge on any atom is -0.368 e. The van der Waals surface area contributed by atoms with E-state index in [0.29, 0.717) is 12.6 Å². The number of hydrogen-bond acceptors (Lipinski definition) is 3. The van der Waals surface area contributed by atoms with Crippen molar-refractivity contribution in [3.63, 3.8) is 0 Å². The van der Waals surface area contributed by atoms with Crippen LogP contribution >= 0.6 is 0 Å². The molecule has 0 atom stereocenters.